The van der Waals surface area contributed by atoms with Crippen molar-refractivity contribution in [1.82, 2.24) is 0 Å². The summed E-state index contributed by atoms with van der Waals surface area (Å²) in [5.41, 5.74) is 2.25. The van der Waals surface area contributed by atoms with Gasteiger partial charge in [0.25, 0.3) is 6.47 Å². The van der Waals surface area contributed by atoms with Gasteiger partial charge in [-0.05, 0) is 73.6 Å². The smallest absolute Gasteiger partial charge is 0.298 e. The Labute approximate surface area is 151 Å². The Kier molecular flexibility index (Phi) is 4.04. The van der Waals surface area contributed by atoms with Crippen LogP contribution >= 0.6 is 23.2 Å². The molecular formula is C19H20Cl2O3. The fourth-order valence-electron chi connectivity index (χ4n) is 5.28. The zero-order chi connectivity index (χ0) is 16.9. The van der Waals surface area contributed by atoms with Gasteiger partial charge >= 0.3 is 0 Å². The van der Waals surface area contributed by atoms with Gasteiger partial charge in [-0.15, -0.1) is 11.6 Å². The minimum atomic E-state index is -0.0149. The second-order valence-electron chi connectivity index (χ2n) is 7.37. The van der Waals surface area contributed by atoms with E-state index in [1.165, 1.54) is 18.4 Å². The number of hydrogen-bond acceptors (Lipinski definition) is 3. The molecule has 0 spiro atoms. The molecule has 4 saturated carbocycles. The minimum Gasteiger partial charge on any atom is -0.496 e. The minimum absolute atomic E-state index is 0.0149. The third-order valence-electron chi connectivity index (χ3n) is 5.78. The van der Waals surface area contributed by atoms with Crippen molar-refractivity contribution in [2.24, 2.45) is 17.8 Å². The molecule has 0 N–H and O–H groups in total. The van der Waals surface area contributed by atoms with Gasteiger partial charge in [0.15, 0.2) is 0 Å². The predicted molar refractivity (Wildman–Crippen MR) is 94.2 cm³/mol. The van der Waals surface area contributed by atoms with Crippen molar-refractivity contribution >= 4 is 35.4 Å². The van der Waals surface area contributed by atoms with Crippen LogP contribution < -0.4 is 4.74 Å². The lowest BCUT2D eigenvalue weighted by atomic mass is 9.53. The van der Waals surface area contributed by atoms with Gasteiger partial charge in [0.05, 0.1) is 7.11 Å². The SMILES string of the molecule is COC(=C1C2CC3CC1CC(Cl)(C3)C2)c1cc(Cl)cc(OC=O)c1. The lowest BCUT2D eigenvalue weighted by Gasteiger charge is -2.55. The summed E-state index contributed by atoms with van der Waals surface area (Å²) in [6, 6.07) is 5.31. The van der Waals surface area contributed by atoms with E-state index in [0.717, 1.165) is 36.5 Å². The maximum atomic E-state index is 10.7. The Morgan fingerprint density at radius 1 is 1.21 bits per heavy atom. The summed E-state index contributed by atoms with van der Waals surface area (Å²) in [5, 5.41) is 0.525. The van der Waals surface area contributed by atoms with Gasteiger partial charge < -0.3 is 9.47 Å². The molecule has 4 aliphatic rings. The first kappa shape index (κ1) is 16.3. The summed E-state index contributed by atoms with van der Waals surface area (Å²) in [4.78, 5) is 10.6. The number of halogens is 2. The van der Waals surface area contributed by atoms with Gasteiger partial charge in [-0.1, -0.05) is 11.6 Å². The molecule has 128 valence electrons. The van der Waals surface area contributed by atoms with E-state index in [0.29, 0.717) is 29.1 Å². The Morgan fingerprint density at radius 3 is 2.50 bits per heavy atom. The monoisotopic (exact) mass is 366 g/mol. The summed E-state index contributed by atoms with van der Waals surface area (Å²) in [6.45, 7) is 0.412. The van der Waals surface area contributed by atoms with Crippen LogP contribution in [0.2, 0.25) is 5.02 Å². The fourth-order valence-corrected chi connectivity index (χ4v) is 6.10. The molecule has 0 aromatic heterocycles. The fraction of sp³-hybridized carbons (Fsp3) is 0.526. The Bertz CT molecular complexity index is 695. The molecule has 0 radical (unpaired) electrons. The summed E-state index contributed by atoms with van der Waals surface area (Å²) < 4.78 is 10.8. The van der Waals surface area contributed by atoms with Crippen LogP contribution in [0, 0.1) is 17.8 Å². The first-order valence-electron chi connectivity index (χ1n) is 8.39. The number of alkyl halides is 1. The quantitative estimate of drug-likeness (QED) is 0.424. The molecule has 0 amide bonds. The van der Waals surface area contributed by atoms with Crippen LogP contribution in [-0.4, -0.2) is 18.5 Å². The van der Waals surface area contributed by atoms with E-state index in [2.05, 4.69) is 0 Å². The largest absolute Gasteiger partial charge is 0.496 e. The molecule has 5 heteroatoms. The van der Waals surface area contributed by atoms with E-state index in [1.54, 1.807) is 13.2 Å². The van der Waals surface area contributed by atoms with Crippen molar-refractivity contribution in [3.8, 4) is 5.75 Å². The Morgan fingerprint density at radius 2 is 1.92 bits per heavy atom. The number of carbonyl (C=O) groups excluding carboxylic acids is 1. The van der Waals surface area contributed by atoms with Crippen LogP contribution in [0.4, 0.5) is 0 Å². The zero-order valence-electron chi connectivity index (χ0n) is 13.6. The molecule has 4 aliphatic carbocycles. The molecule has 0 aliphatic heterocycles. The molecular weight excluding hydrogens is 347 g/mol. The standard InChI is InChI=1S/C19H20Cl2O3/c1-23-18(12-4-15(20)6-16(5-12)24-10-22)17-13-2-11-3-14(17)9-19(21,7-11)8-13/h4-6,10-11,13-14H,2-3,7-9H2,1H3. The number of hydrogen-bond donors (Lipinski definition) is 0. The van der Waals surface area contributed by atoms with E-state index in [1.807, 2.05) is 12.1 Å². The summed E-state index contributed by atoms with van der Waals surface area (Å²) in [6.07, 6.45) is 5.62. The average Bonchev–Trinajstić information content (AvgIpc) is 2.49. The first-order valence-corrected chi connectivity index (χ1v) is 9.15. The normalized spacial score (nSPS) is 33.5. The molecule has 24 heavy (non-hydrogen) atoms. The van der Waals surface area contributed by atoms with Crippen LogP contribution in [0.3, 0.4) is 0 Å². The van der Waals surface area contributed by atoms with Gasteiger partial charge in [0.2, 0.25) is 0 Å². The highest BCUT2D eigenvalue weighted by Gasteiger charge is 2.53. The van der Waals surface area contributed by atoms with Gasteiger partial charge in [0, 0.05) is 15.5 Å². The van der Waals surface area contributed by atoms with Crippen molar-refractivity contribution in [3.05, 3.63) is 34.4 Å². The van der Waals surface area contributed by atoms with Crippen LogP contribution in [0.5, 0.6) is 5.75 Å². The van der Waals surface area contributed by atoms with Crippen molar-refractivity contribution in [3.63, 3.8) is 0 Å². The maximum absolute atomic E-state index is 10.7. The maximum Gasteiger partial charge on any atom is 0.298 e. The topological polar surface area (TPSA) is 35.5 Å². The van der Waals surface area contributed by atoms with Gasteiger partial charge in [-0.3, -0.25) is 4.79 Å². The van der Waals surface area contributed by atoms with E-state index in [-0.39, 0.29) is 4.87 Å². The zero-order valence-corrected chi connectivity index (χ0v) is 15.1. The van der Waals surface area contributed by atoms with Crippen molar-refractivity contribution < 1.29 is 14.3 Å². The Hall–Kier alpha value is -1.19. The second kappa shape index (κ2) is 5.96. The highest BCUT2D eigenvalue weighted by atomic mass is 35.5. The summed E-state index contributed by atoms with van der Waals surface area (Å²) in [5.74, 6) is 3.02. The lowest BCUT2D eigenvalue weighted by molar-refractivity contribution is -0.120. The number of ether oxygens (including phenoxy) is 2. The number of carbonyl (C=O) groups is 1. The molecule has 0 saturated heterocycles. The number of rotatable bonds is 4. The summed E-state index contributed by atoms with van der Waals surface area (Å²) in [7, 11) is 1.70. The highest BCUT2D eigenvalue weighted by Crippen LogP contribution is 2.61. The molecule has 1 aromatic rings. The third kappa shape index (κ3) is 2.72. The van der Waals surface area contributed by atoms with Crippen LogP contribution in [0.15, 0.2) is 23.8 Å². The van der Waals surface area contributed by atoms with Gasteiger partial charge in [-0.2, -0.15) is 0 Å². The van der Waals surface area contributed by atoms with Gasteiger partial charge in [-0.25, -0.2) is 0 Å². The number of methoxy groups -OCH3 is 1. The molecule has 0 heterocycles. The third-order valence-corrected chi connectivity index (χ3v) is 6.46. The molecule has 5 rings (SSSR count). The molecule has 4 bridgehead atoms. The second-order valence-corrected chi connectivity index (χ2v) is 8.61. The van der Waals surface area contributed by atoms with Crippen LogP contribution in [-0.2, 0) is 9.53 Å². The van der Waals surface area contributed by atoms with E-state index in [9.17, 15) is 4.79 Å². The van der Waals surface area contributed by atoms with E-state index in [4.69, 9.17) is 32.7 Å². The van der Waals surface area contributed by atoms with Crippen molar-refractivity contribution in [2.75, 3.05) is 7.11 Å². The molecule has 1 aromatic carbocycles. The molecule has 2 atom stereocenters. The lowest BCUT2D eigenvalue weighted by Crippen LogP contribution is -2.48. The van der Waals surface area contributed by atoms with Crippen molar-refractivity contribution in [2.45, 2.75) is 37.0 Å². The Balaban J connectivity index is 1.78. The van der Waals surface area contributed by atoms with Gasteiger partial charge in [0.1, 0.15) is 11.5 Å². The van der Waals surface area contributed by atoms with E-state index >= 15 is 0 Å². The molecule has 3 nitrogen and oxygen atoms in total. The molecule has 4 fully saturated rings. The first-order chi connectivity index (χ1) is 11.5. The number of allylic oxidation sites excluding steroid dienone is 1. The predicted octanol–water partition coefficient (Wildman–Crippen LogP) is 5.05. The van der Waals surface area contributed by atoms with Crippen LogP contribution in [0.1, 0.15) is 37.7 Å². The average molecular weight is 367 g/mol. The molecule has 2 unspecified atom stereocenters. The van der Waals surface area contributed by atoms with Crippen LogP contribution in [0.25, 0.3) is 5.76 Å². The van der Waals surface area contributed by atoms with Crippen molar-refractivity contribution in [1.29, 1.82) is 0 Å². The number of benzene rings is 1. The van der Waals surface area contributed by atoms with E-state index < -0.39 is 0 Å². The summed E-state index contributed by atoms with van der Waals surface area (Å²) >= 11 is 13.0. The highest BCUT2D eigenvalue weighted by molar-refractivity contribution is 6.30.